The maximum absolute atomic E-state index is 11.9. The van der Waals surface area contributed by atoms with Crippen LogP contribution in [0.3, 0.4) is 0 Å². The van der Waals surface area contributed by atoms with Crippen molar-refractivity contribution in [1.82, 2.24) is 0 Å². The lowest BCUT2D eigenvalue weighted by molar-refractivity contribution is -0.112. The monoisotopic (exact) mass is 241 g/mol. The third-order valence-corrected chi connectivity index (χ3v) is 4.43. The molecular formula is C10H11NO4S. The van der Waals surface area contributed by atoms with Gasteiger partial charge in [-0.05, 0) is 18.6 Å². The number of aliphatic hydroxyl groups is 1. The van der Waals surface area contributed by atoms with Crippen LogP contribution >= 0.6 is 0 Å². The van der Waals surface area contributed by atoms with Crippen molar-refractivity contribution in [2.24, 2.45) is 0 Å². The molecule has 0 bridgehead atoms. The quantitative estimate of drug-likeness (QED) is 0.738. The van der Waals surface area contributed by atoms with Crippen molar-refractivity contribution in [2.75, 3.05) is 5.32 Å². The minimum Gasteiger partial charge on any atom is -0.392 e. The number of hydrogen-bond acceptors (Lipinski definition) is 5. The number of carbonyl (C=O) groups is 1. The van der Waals surface area contributed by atoms with Crippen LogP contribution in [0.2, 0.25) is 0 Å². The van der Waals surface area contributed by atoms with E-state index in [4.69, 9.17) is 5.11 Å². The Morgan fingerprint density at radius 1 is 1.44 bits per heavy atom. The van der Waals surface area contributed by atoms with E-state index < -0.39 is 27.6 Å². The molecule has 1 unspecified atom stereocenters. The first-order valence-corrected chi connectivity index (χ1v) is 6.25. The van der Waals surface area contributed by atoms with Crippen LogP contribution in [0.25, 0.3) is 0 Å². The van der Waals surface area contributed by atoms with Crippen molar-refractivity contribution in [1.29, 1.82) is 0 Å². The number of anilines is 1. The van der Waals surface area contributed by atoms with Gasteiger partial charge >= 0.3 is 0 Å². The molecule has 2 N–H and O–H groups in total. The molecule has 1 heterocycles. The Kier molecular flexibility index (Phi) is 2.47. The van der Waals surface area contributed by atoms with E-state index >= 15 is 0 Å². The number of carbonyl (C=O) groups excluding carboxylic acids is 1. The van der Waals surface area contributed by atoms with Crippen LogP contribution in [-0.2, 0) is 21.2 Å². The summed E-state index contributed by atoms with van der Waals surface area (Å²) in [5.41, 5.74) is 0.615. The maximum Gasteiger partial charge on any atom is 0.272 e. The zero-order valence-electron chi connectivity index (χ0n) is 8.60. The van der Waals surface area contributed by atoms with Gasteiger partial charge in [0.1, 0.15) is 4.90 Å². The zero-order valence-corrected chi connectivity index (χ0v) is 9.41. The van der Waals surface area contributed by atoms with E-state index in [2.05, 4.69) is 5.32 Å². The molecule has 1 atom stereocenters. The average Bonchev–Trinajstić information content (AvgIpc) is 2.25. The molecule has 0 aliphatic carbocycles. The summed E-state index contributed by atoms with van der Waals surface area (Å²) in [6.07, 6.45) is 0. The second-order valence-corrected chi connectivity index (χ2v) is 5.46. The van der Waals surface area contributed by atoms with Gasteiger partial charge in [-0.2, -0.15) is 0 Å². The summed E-state index contributed by atoms with van der Waals surface area (Å²) in [5, 5.41) is 11.0. The topological polar surface area (TPSA) is 83.5 Å². The maximum atomic E-state index is 11.9. The Labute approximate surface area is 93.0 Å². The lowest BCUT2D eigenvalue weighted by Gasteiger charge is -2.24. The summed E-state index contributed by atoms with van der Waals surface area (Å²) in [7, 11) is -3.97. The van der Waals surface area contributed by atoms with Crippen LogP contribution in [-0.4, -0.2) is 24.7 Å². The molecule has 0 aromatic heterocycles. The van der Waals surface area contributed by atoms with E-state index in [1.165, 1.54) is 13.0 Å². The number of aliphatic hydroxyl groups excluding tert-OH is 1. The molecule has 2 rings (SSSR count). The highest BCUT2D eigenvalue weighted by atomic mass is 32.2. The number of benzene rings is 1. The van der Waals surface area contributed by atoms with Crippen molar-refractivity contribution in [3.8, 4) is 0 Å². The minimum atomic E-state index is -3.97. The van der Waals surface area contributed by atoms with Crippen LogP contribution in [0.4, 0.5) is 5.69 Å². The van der Waals surface area contributed by atoms with Crippen LogP contribution in [0, 0.1) is 0 Å². The smallest absolute Gasteiger partial charge is 0.272 e. The van der Waals surface area contributed by atoms with E-state index in [9.17, 15) is 13.2 Å². The average molecular weight is 241 g/mol. The van der Waals surface area contributed by atoms with Crippen molar-refractivity contribution in [3.63, 3.8) is 0 Å². The number of sulfone groups is 1. The van der Waals surface area contributed by atoms with Gasteiger partial charge in [0.05, 0.1) is 18.3 Å². The normalized spacial score (nSPS) is 22.4. The van der Waals surface area contributed by atoms with E-state index in [0.717, 1.165) is 0 Å². The molecule has 1 aliphatic rings. The molecule has 16 heavy (non-hydrogen) atoms. The summed E-state index contributed by atoms with van der Waals surface area (Å²) in [4.78, 5) is 11.4. The highest BCUT2D eigenvalue weighted by Crippen LogP contribution is 2.32. The van der Waals surface area contributed by atoms with Crippen LogP contribution < -0.4 is 5.32 Å². The molecule has 86 valence electrons. The summed E-state index contributed by atoms with van der Waals surface area (Å²) in [6.45, 7) is 1.08. The van der Waals surface area contributed by atoms with Crippen LogP contribution in [0.1, 0.15) is 12.5 Å². The molecule has 0 fully saturated rings. The Morgan fingerprint density at radius 2 is 2.12 bits per heavy atom. The predicted molar refractivity (Wildman–Crippen MR) is 57.6 cm³/mol. The second-order valence-electron chi connectivity index (χ2n) is 3.64. The summed E-state index contributed by atoms with van der Waals surface area (Å²) in [5.74, 6) is 0. The van der Waals surface area contributed by atoms with Gasteiger partial charge in [-0.1, -0.05) is 12.1 Å². The van der Waals surface area contributed by atoms with Gasteiger partial charge in [-0.3, -0.25) is 4.79 Å². The van der Waals surface area contributed by atoms with Gasteiger partial charge < -0.3 is 10.4 Å². The first kappa shape index (κ1) is 11.1. The fourth-order valence-electron chi connectivity index (χ4n) is 1.77. The van der Waals surface area contributed by atoms with Gasteiger partial charge in [0, 0.05) is 0 Å². The molecule has 0 amide bonds. The Hall–Kier alpha value is -1.40. The Bertz CT molecular complexity index is 550. The number of hydrogen-bond donors (Lipinski definition) is 2. The summed E-state index contributed by atoms with van der Waals surface area (Å²) < 4.78 is 23.8. The third kappa shape index (κ3) is 1.42. The van der Waals surface area contributed by atoms with Gasteiger partial charge in [0.15, 0.2) is 0 Å². The lowest BCUT2D eigenvalue weighted by atomic mass is 10.2. The highest BCUT2D eigenvalue weighted by Gasteiger charge is 2.38. The number of nitrogens with one attached hydrogen (secondary N) is 1. The fraction of sp³-hybridized carbons (Fsp3) is 0.300. The number of rotatable bonds is 1. The first-order chi connectivity index (χ1) is 7.48. The highest BCUT2D eigenvalue weighted by molar-refractivity contribution is 8.06. The molecule has 1 aliphatic heterocycles. The molecule has 0 spiro atoms. The first-order valence-electron chi connectivity index (χ1n) is 4.76. The predicted octanol–water partition coefficient (Wildman–Crippen LogP) is 0.293. The Balaban J connectivity index is 2.77. The largest absolute Gasteiger partial charge is 0.392 e. The standard InChI is InChI=1S/C10H11NO4S/c1-6-10(13)16(14,15)9-7(5-12)3-2-4-8(9)11-6/h2-4,6,11-12H,5H2,1H3. The van der Waals surface area contributed by atoms with Gasteiger partial charge in [-0.25, -0.2) is 8.42 Å². The van der Waals surface area contributed by atoms with Crippen molar-refractivity contribution in [3.05, 3.63) is 23.8 Å². The minimum absolute atomic E-state index is 0.0967. The van der Waals surface area contributed by atoms with E-state index in [-0.39, 0.29) is 10.5 Å². The molecule has 1 aromatic rings. The van der Waals surface area contributed by atoms with E-state index in [1.54, 1.807) is 12.1 Å². The summed E-state index contributed by atoms with van der Waals surface area (Å²) >= 11 is 0. The third-order valence-electron chi connectivity index (χ3n) is 2.53. The molecule has 1 aromatic carbocycles. The van der Waals surface area contributed by atoms with Crippen molar-refractivity contribution in [2.45, 2.75) is 24.5 Å². The molecule has 0 saturated heterocycles. The van der Waals surface area contributed by atoms with Crippen LogP contribution in [0.5, 0.6) is 0 Å². The summed E-state index contributed by atoms with van der Waals surface area (Å²) in [6, 6.07) is 3.94. The van der Waals surface area contributed by atoms with Crippen molar-refractivity contribution >= 4 is 20.6 Å². The zero-order chi connectivity index (χ0) is 11.9. The molecule has 0 radical (unpaired) electrons. The van der Waals surface area contributed by atoms with E-state index in [1.807, 2.05) is 0 Å². The fourth-order valence-corrected chi connectivity index (χ4v) is 3.39. The lowest BCUT2D eigenvalue weighted by Crippen LogP contribution is -2.38. The van der Waals surface area contributed by atoms with Gasteiger partial charge in [0.25, 0.3) is 5.12 Å². The molecular weight excluding hydrogens is 230 g/mol. The number of fused-ring (bicyclic) bond motifs is 1. The molecule has 6 heteroatoms. The molecule has 5 nitrogen and oxygen atoms in total. The Morgan fingerprint density at radius 3 is 2.75 bits per heavy atom. The molecule has 0 saturated carbocycles. The van der Waals surface area contributed by atoms with Gasteiger partial charge in [-0.15, -0.1) is 0 Å². The van der Waals surface area contributed by atoms with Crippen molar-refractivity contribution < 1.29 is 18.3 Å². The second kappa shape index (κ2) is 3.57. The van der Waals surface area contributed by atoms with E-state index in [0.29, 0.717) is 5.69 Å². The van der Waals surface area contributed by atoms with Crippen LogP contribution in [0.15, 0.2) is 23.1 Å². The SMILES string of the molecule is CC1Nc2cccc(CO)c2S(=O)(=O)C1=O. The van der Waals surface area contributed by atoms with Gasteiger partial charge in [0.2, 0.25) is 9.84 Å².